The number of unbranched alkanes of at least 4 members (excludes halogenated alkanes) is 2. The van der Waals surface area contributed by atoms with Crippen molar-refractivity contribution in [2.45, 2.75) is 25.7 Å². The van der Waals surface area contributed by atoms with Crippen LogP contribution in [0.1, 0.15) is 25.7 Å². The Labute approximate surface area is 101 Å². The van der Waals surface area contributed by atoms with E-state index in [4.69, 9.17) is 9.68 Å². The van der Waals surface area contributed by atoms with Crippen molar-refractivity contribution < 1.29 is 14.8 Å². The fraction of sp³-hybridized carbons (Fsp3) is 1.00. The van der Waals surface area contributed by atoms with Crippen LogP contribution < -0.4 is 0 Å². The minimum Gasteiger partial charge on any atom is -0.187 e. The standard InChI is InChI=1S/C8H16Br2NO3/c9-5-1-3-7-13-11(12)14-8-4-2-6-10/h1-8H2/q+1. The van der Waals surface area contributed by atoms with Crippen LogP contribution in [0.5, 0.6) is 0 Å². The van der Waals surface area contributed by atoms with Crippen molar-refractivity contribution in [3.05, 3.63) is 4.91 Å². The summed E-state index contributed by atoms with van der Waals surface area (Å²) in [5.41, 5.74) is 0. The Morgan fingerprint density at radius 1 is 0.857 bits per heavy atom. The number of hydrogen-bond donors (Lipinski definition) is 0. The minimum absolute atomic E-state index is 0.211. The number of alkyl halides is 2. The normalized spacial score (nSPS) is 9.86. The summed E-state index contributed by atoms with van der Waals surface area (Å²) in [6, 6.07) is 0. The molecule has 0 saturated heterocycles. The molecule has 0 aliphatic rings. The lowest BCUT2D eigenvalue weighted by Gasteiger charge is -1.94. The first-order valence-corrected chi connectivity index (χ1v) is 6.90. The zero-order valence-corrected chi connectivity index (χ0v) is 11.3. The minimum atomic E-state index is 0.211. The topological polar surface area (TPSA) is 38.5 Å². The summed E-state index contributed by atoms with van der Waals surface area (Å²) in [7, 11) is 0. The first-order valence-electron chi connectivity index (χ1n) is 4.66. The van der Waals surface area contributed by atoms with E-state index in [1.165, 1.54) is 0 Å². The Balaban J connectivity index is 3.11. The molecule has 0 heterocycles. The van der Waals surface area contributed by atoms with Crippen LogP contribution in [0.2, 0.25) is 0 Å². The molecule has 0 aromatic rings. The number of nitrogens with zero attached hydrogens (tertiary/aromatic N) is 1. The molecule has 0 N–H and O–H groups in total. The van der Waals surface area contributed by atoms with Gasteiger partial charge in [-0.15, -0.1) is 0 Å². The van der Waals surface area contributed by atoms with Gasteiger partial charge in [0.1, 0.15) is 4.91 Å². The molecule has 0 atom stereocenters. The van der Waals surface area contributed by atoms with E-state index in [0.717, 1.165) is 36.3 Å². The first-order chi connectivity index (χ1) is 6.81. The second kappa shape index (κ2) is 11.2. The molecule has 0 amide bonds. The van der Waals surface area contributed by atoms with Crippen LogP contribution >= 0.6 is 31.9 Å². The molecular weight excluding hydrogens is 318 g/mol. The van der Waals surface area contributed by atoms with Gasteiger partial charge < -0.3 is 0 Å². The lowest BCUT2D eigenvalue weighted by Crippen LogP contribution is -2.12. The molecule has 0 aromatic carbocycles. The van der Waals surface area contributed by atoms with E-state index in [1.807, 2.05) is 0 Å². The second-order valence-electron chi connectivity index (χ2n) is 2.68. The number of halogens is 2. The van der Waals surface area contributed by atoms with Crippen molar-refractivity contribution in [1.82, 2.24) is 0 Å². The third-order valence-corrected chi connectivity index (χ3v) is 2.57. The molecule has 0 aromatic heterocycles. The van der Waals surface area contributed by atoms with Gasteiger partial charge in [-0.25, -0.2) is 0 Å². The quantitative estimate of drug-likeness (QED) is 0.350. The average Bonchev–Trinajstić information content (AvgIpc) is 2.19. The monoisotopic (exact) mass is 332 g/mol. The third kappa shape index (κ3) is 10.2. The van der Waals surface area contributed by atoms with Gasteiger partial charge in [0.05, 0.1) is 0 Å². The van der Waals surface area contributed by atoms with Crippen LogP contribution in [-0.2, 0) is 9.68 Å². The molecule has 0 fully saturated rings. The maximum absolute atomic E-state index is 10.8. The van der Waals surface area contributed by atoms with Gasteiger partial charge in [0.2, 0.25) is 0 Å². The fourth-order valence-electron chi connectivity index (χ4n) is 0.709. The largest absolute Gasteiger partial charge is 0.477 e. The Morgan fingerprint density at radius 2 is 1.29 bits per heavy atom. The summed E-state index contributed by atoms with van der Waals surface area (Å²) in [5.74, 6) is 0. The van der Waals surface area contributed by atoms with Crippen molar-refractivity contribution >= 4 is 31.9 Å². The average molecular weight is 334 g/mol. The van der Waals surface area contributed by atoms with Crippen LogP contribution in [0.25, 0.3) is 0 Å². The van der Waals surface area contributed by atoms with Crippen molar-refractivity contribution in [2.75, 3.05) is 23.9 Å². The van der Waals surface area contributed by atoms with E-state index in [1.54, 1.807) is 0 Å². The number of rotatable bonds is 10. The van der Waals surface area contributed by atoms with Gasteiger partial charge in [-0.1, -0.05) is 31.9 Å². The Kier molecular flexibility index (Phi) is 11.4. The molecule has 14 heavy (non-hydrogen) atoms. The molecule has 0 saturated carbocycles. The lowest BCUT2D eigenvalue weighted by molar-refractivity contribution is -0.981. The third-order valence-electron chi connectivity index (χ3n) is 1.45. The molecule has 0 unspecified atom stereocenters. The summed E-state index contributed by atoms with van der Waals surface area (Å²) < 4.78 is 0. The zero-order chi connectivity index (χ0) is 10.6. The molecule has 0 radical (unpaired) electrons. The Hall–Kier alpha value is 0.160. The highest BCUT2D eigenvalue weighted by molar-refractivity contribution is 9.09. The van der Waals surface area contributed by atoms with Gasteiger partial charge in [-0.05, 0) is 25.7 Å². The summed E-state index contributed by atoms with van der Waals surface area (Å²) in [6.07, 6.45) is 3.71. The van der Waals surface area contributed by atoms with Crippen molar-refractivity contribution in [3.8, 4) is 0 Å². The SMILES string of the molecule is O=[N+](OCCCCBr)OCCCCBr. The van der Waals surface area contributed by atoms with Crippen LogP contribution in [-0.4, -0.2) is 29.0 Å². The summed E-state index contributed by atoms with van der Waals surface area (Å²) in [5, 5.41) is 2.07. The maximum Gasteiger partial charge on any atom is 0.477 e. The van der Waals surface area contributed by atoms with Crippen LogP contribution in [0, 0.1) is 4.91 Å². The highest BCUT2D eigenvalue weighted by atomic mass is 79.9. The summed E-state index contributed by atoms with van der Waals surface area (Å²) >= 11 is 6.59. The van der Waals surface area contributed by atoms with Crippen molar-refractivity contribution in [2.24, 2.45) is 0 Å². The maximum atomic E-state index is 10.8. The molecule has 0 rings (SSSR count). The highest BCUT2D eigenvalue weighted by Gasteiger charge is 2.10. The zero-order valence-electron chi connectivity index (χ0n) is 8.08. The van der Waals surface area contributed by atoms with Gasteiger partial charge >= 0.3 is 5.09 Å². The summed E-state index contributed by atoms with van der Waals surface area (Å²) in [6.45, 7) is 0.821. The Morgan fingerprint density at radius 3 is 1.64 bits per heavy atom. The van der Waals surface area contributed by atoms with Gasteiger partial charge in [0.25, 0.3) is 0 Å². The summed E-state index contributed by atoms with van der Waals surface area (Å²) in [4.78, 5) is 20.3. The molecule has 0 aliphatic heterocycles. The lowest BCUT2D eigenvalue weighted by atomic mass is 10.4. The van der Waals surface area contributed by atoms with E-state index >= 15 is 0 Å². The van der Waals surface area contributed by atoms with Crippen molar-refractivity contribution in [1.29, 1.82) is 0 Å². The van der Waals surface area contributed by atoms with Gasteiger partial charge in [-0.3, -0.25) is 0 Å². The van der Waals surface area contributed by atoms with E-state index in [0.29, 0.717) is 13.2 Å². The molecule has 84 valence electrons. The van der Waals surface area contributed by atoms with E-state index in [-0.39, 0.29) is 5.09 Å². The van der Waals surface area contributed by atoms with Crippen LogP contribution in [0.15, 0.2) is 0 Å². The molecule has 0 spiro atoms. The highest BCUT2D eigenvalue weighted by Crippen LogP contribution is 1.97. The predicted octanol–water partition coefficient (Wildman–Crippen LogP) is 2.98. The molecule has 6 heteroatoms. The Bertz CT molecular complexity index is 133. The molecule has 4 nitrogen and oxygen atoms in total. The van der Waals surface area contributed by atoms with E-state index in [9.17, 15) is 4.91 Å². The molecular formula is C8H16Br2NO3+. The van der Waals surface area contributed by atoms with Gasteiger partial charge in [0, 0.05) is 10.7 Å². The van der Waals surface area contributed by atoms with Crippen LogP contribution in [0.4, 0.5) is 0 Å². The molecule has 0 bridgehead atoms. The van der Waals surface area contributed by atoms with Gasteiger partial charge in [0.15, 0.2) is 13.2 Å². The first kappa shape index (κ1) is 14.2. The van der Waals surface area contributed by atoms with E-state index < -0.39 is 0 Å². The van der Waals surface area contributed by atoms with Gasteiger partial charge in [-0.2, -0.15) is 9.68 Å². The van der Waals surface area contributed by atoms with Crippen molar-refractivity contribution in [3.63, 3.8) is 0 Å². The van der Waals surface area contributed by atoms with Crippen LogP contribution in [0.3, 0.4) is 0 Å². The predicted molar refractivity (Wildman–Crippen MR) is 61.6 cm³/mol. The van der Waals surface area contributed by atoms with E-state index in [2.05, 4.69) is 31.9 Å². The smallest absolute Gasteiger partial charge is 0.187 e. The number of hydrogen-bond acceptors (Lipinski definition) is 3. The fourth-order valence-corrected chi connectivity index (χ4v) is 1.50. The second-order valence-corrected chi connectivity index (χ2v) is 4.27. The molecule has 0 aliphatic carbocycles.